The summed E-state index contributed by atoms with van der Waals surface area (Å²) in [5.41, 5.74) is 19.8. The highest BCUT2D eigenvalue weighted by atomic mass is 16.8. The van der Waals surface area contributed by atoms with Gasteiger partial charge < -0.3 is 50.9 Å². The van der Waals surface area contributed by atoms with Crippen LogP contribution in [0.25, 0.3) is 22.3 Å². The lowest BCUT2D eigenvalue weighted by Crippen LogP contribution is -2.39. The largest absolute Gasteiger partial charge is 0.382 e. The Kier molecular flexibility index (Phi) is 8.03. The molecule has 0 aromatic carbocycles. The summed E-state index contributed by atoms with van der Waals surface area (Å²) in [6, 6.07) is 0.359. The van der Waals surface area contributed by atoms with Gasteiger partial charge in [-0.3, -0.25) is 9.13 Å². The van der Waals surface area contributed by atoms with Gasteiger partial charge in [-0.15, -0.1) is 0 Å². The summed E-state index contributed by atoms with van der Waals surface area (Å²) in [6.45, 7) is 12.8. The van der Waals surface area contributed by atoms with E-state index in [0.717, 1.165) is 0 Å². The molecule has 0 bridgehead atoms. The Hall–Kier alpha value is -3.62. The van der Waals surface area contributed by atoms with Crippen LogP contribution in [0.3, 0.4) is 0 Å². The average molecular weight is 655 g/mol. The second-order valence-electron chi connectivity index (χ2n) is 13.2. The zero-order valence-corrected chi connectivity index (χ0v) is 27.2. The highest BCUT2D eigenvalue weighted by Gasteiger charge is 2.57. The van der Waals surface area contributed by atoms with E-state index < -0.39 is 17.8 Å². The summed E-state index contributed by atoms with van der Waals surface area (Å²) in [7, 11) is 0. The molecule has 8 atom stereocenters. The predicted octanol–water partition coefficient (Wildman–Crippen LogP) is 0.609. The Balaban J connectivity index is 0.000000151. The van der Waals surface area contributed by atoms with Gasteiger partial charge in [0.15, 0.2) is 47.0 Å². The number of nitrogens with two attached hydrogens (primary N) is 3. The van der Waals surface area contributed by atoms with Crippen LogP contribution in [0.2, 0.25) is 0 Å². The summed E-state index contributed by atoms with van der Waals surface area (Å²) >= 11 is 0. The lowest BCUT2D eigenvalue weighted by atomic mass is 10.1. The van der Waals surface area contributed by atoms with Crippen molar-refractivity contribution >= 4 is 34.0 Å². The van der Waals surface area contributed by atoms with E-state index in [1.165, 1.54) is 12.7 Å². The number of ether oxygens (including phenoxy) is 6. The minimum Gasteiger partial charge on any atom is -0.382 e. The SMILES string of the molecule is CC(C)NC[C@H]1O[C@@H](n2cnc3c(N)ncnc32)C2OC(C)(C)O[C@@H]21.CC1(C)OC2[C@H](n3cnc4c(N)ncnc43)O[C@H](CN)[C@H]2O1. The molecule has 0 amide bonds. The Morgan fingerprint density at radius 3 is 1.62 bits per heavy atom. The Labute approximate surface area is 270 Å². The zero-order chi connectivity index (χ0) is 33.2. The fraction of sp³-hybridized carbons (Fsp3) is 0.655. The molecule has 4 saturated heterocycles. The topological polar surface area (TPSA) is 233 Å². The van der Waals surface area contributed by atoms with E-state index in [1.54, 1.807) is 17.2 Å². The van der Waals surface area contributed by atoms with Gasteiger partial charge in [-0.1, -0.05) is 13.8 Å². The van der Waals surface area contributed by atoms with Crippen molar-refractivity contribution in [3.8, 4) is 0 Å². The van der Waals surface area contributed by atoms with Crippen molar-refractivity contribution in [3.63, 3.8) is 0 Å². The van der Waals surface area contributed by atoms with Crippen LogP contribution in [0.1, 0.15) is 54.0 Å². The number of hydrogen-bond acceptors (Lipinski definition) is 16. The highest BCUT2D eigenvalue weighted by molar-refractivity contribution is 5.81. The summed E-state index contributed by atoms with van der Waals surface area (Å²) < 4.78 is 40.1. The molecular formula is C29H42N12O6. The fourth-order valence-corrected chi connectivity index (χ4v) is 6.58. The molecule has 0 aliphatic carbocycles. The van der Waals surface area contributed by atoms with Gasteiger partial charge in [0.2, 0.25) is 0 Å². The summed E-state index contributed by atoms with van der Waals surface area (Å²) in [5, 5.41) is 3.41. The van der Waals surface area contributed by atoms with Gasteiger partial charge in [0.05, 0.1) is 12.7 Å². The molecule has 0 saturated carbocycles. The zero-order valence-electron chi connectivity index (χ0n) is 27.2. The third-order valence-electron chi connectivity index (χ3n) is 8.53. The number of nitrogens with one attached hydrogen (secondary N) is 1. The molecule has 4 fully saturated rings. The number of hydrogen-bond donors (Lipinski definition) is 4. The number of fused-ring (bicyclic) bond motifs is 4. The van der Waals surface area contributed by atoms with Gasteiger partial charge in [0.1, 0.15) is 60.3 Å². The van der Waals surface area contributed by atoms with E-state index in [4.69, 9.17) is 45.6 Å². The van der Waals surface area contributed by atoms with Gasteiger partial charge in [0.25, 0.3) is 0 Å². The summed E-state index contributed by atoms with van der Waals surface area (Å²) in [4.78, 5) is 25.1. The molecule has 2 unspecified atom stereocenters. The molecule has 0 radical (unpaired) electrons. The van der Waals surface area contributed by atoms with Crippen molar-refractivity contribution in [2.45, 2.75) is 108 Å². The first-order valence-corrected chi connectivity index (χ1v) is 15.7. The fourth-order valence-electron chi connectivity index (χ4n) is 6.58. The molecule has 7 N–H and O–H groups in total. The second-order valence-corrected chi connectivity index (χ2v) is 13.2. The first-order valence-electron chi connectivity index (χ1n) is 15.7. The van der Waals surface area contributed by atoms with E-state index in [1.807, 2.05) is 32.3 Å². The number of anilines is 2. The maximum Gasteiger partial charge on any atom is 0.167 e. The average Bonchev–Trinajstić information content (AvgIpc) is 3.84. The van der Waals surface area contributed by atoms with Crippen LogP contribution in [0.4, 0.5) is 11.6 Å². The van der Waals surface area contributed by atoms with Crippen LogP contribution >= 0.6 is 0 Å². The molecule has 8 heterocycles. The van der Waals surface area contributed by atoms with Gasteiger partial charge in [-0.2, -0.15) is 0 Å². The molecule has 4 aromatic heterocycles. The standard InChI is InChI=1S/C16H24N6O3.C13H18N6O3/c1-8(2)18-5-9-11-12(25-16(3,4)24-11)15(23-9)22-7-21-10-13(17)19-6-20-14(10)22;1-13(2)21-8-6(3-14)20-12(9(8)22-13)19-5-18-7-10(15)16-4-17-11(7)19/h6-9,11-12,15,18H,5H2,1-4H3,(H2,17,19,20);4-6,8-9,12H,3,14H2,1-2H3,(H2,15,16,17)/t9-,11-,12?,15-;6-,8-,9?,12-/m11/s1. The molecule has 8 rings (SSSR count). The third kappa shape index (κ3) is 5.78. The minimum absolute atomic E-state index is 0.129. The molecule has 254 valence electrons. The van der Waals surface area contributed by atoms with Crippen LogP contribution < -0.4 is 22.5 Å². The number of imidazole rings is 2. The minimum atomic E-state index is -0.671. The molecule has 47 heavy (non-hydrogen) atoms. The molecule has 4 aliphatic rings. The maximum atomic E-state index is 6.27. The first kappa shape index (κ1) is 32.0. The molecular weight excluding hydrogens is 612 g/mol. The van der Waals surface area contributed by atoms with Gasteiger partial charge in [-0.05, 0) is 27.7 Å². The van der Waals surface area contributed by atoms with E-state index in [-0.39, 0.29) is 42.9 Å². The monoisotopic (exact) mass is 654 g/mol. The third-order valence-corrected chi connectivity index (χ3v) is 8.53. The lowest BCUT2D eigenvalue weighted by molar-refractivity contribution is -0.195. The molecule has 18 nitrogen and oxygen atoms in total. The second kappa shape index (κ2) is 11.8. The number of rotatable bonds is 6. The van der Waals surface area contributed by atoms with E-state index in [9.17, 15) is 0 Å². The Morgan fingerprint density at radius 2 is 1.15 bits per heavy atom. The van der Waals surface area contributed by atoms with Crippen molar-refractivity contribution in [1.82, 2.24) is 44.4 Å². The number of nitrogens with zero attached hydrogens (tertiary/aromatic N) is 8. The van der Waals surface area contributed by atoms with Crippen LogP contribution in [-0.4, -0.2) is 106 Å². The molecule has 4 aliphatic heterocycles. The van der Waals surface area contributed by atoms with Crippen molar-refractivity contribution in [3.05, 3.63) is 25.3 Å². The van der Waals surface area contributed by atoms with Crippen LogP contribution in [-0.2, 0) is 28.4 Å². The molecule has 18 heteroatoms. The number of aromatic nitrogens is 8. The smallest absolute Gasteiger partial charge is 0.167 e. The van der Waals surface area contributed by atoms with Crippen molar-refractivity contribution in [2.24, 2.45) is 5.73 Å². The van der Waals surface area contributed by atoms with Gasteiger partial charge in [-0.25, -0.2) is 29.9 Å². The van der Waals surface area contributed by atoms with Crippen LogP contribution in [0.15, 0.2) is 25.3 Å². The van der Waals surface area contributed by atoms with E-state index >= 15 is 0 Å². The normalized spacial score (nSPS) is 32.2. The van der Waals surface area contributed by atoms with Crippen molar-refractivity contribution in [2.75, 3.05) is 24.6 Å². The predicted molar refractivity (Wildman–Crippen MR) is 167 cm³/mol. The highest BCUT2D eigenvalue weighted by Crippen LogP contribution is 2.45. The van der Waals surface area contributed by atoms with Crippen LogP contribution in [0, 0.1) is 0 Å². The van der Waals surface area contributed by atoms with Crippen molar-refractivity contribution in [1.29, 1.82) is 0 Å². The quantitative estimate of drug-likeness (QED) is 0.223. The first-order chi connectivity index (χ1) is 22.4. The van der Waals surface area contributed by atoms with Crippen molar-refractivity contribution < 1.29 is 28.4 Å². The van der Waals surface area contributed by atoms with E-state index in [0.29, 0.717) is 53.1 Å². The lowest BCUT2D eigenvalue weighted by Gasteiger charge is -2.25. The Bertz CT molecular complexity index is 1750. The summed E-state index contributed by atoms with van der Waals surface area (Å²) in [6.07, 6.45) is 4.04. The maximum absolute atomic E-state index is 6.27. The van der Waals surface area contributed by atoms with Gasteiger partial charge in [0, 0.05) is 19.1 Å². The summed E-state index contributed by atoms with van der Waals surface area (Å²) in [5.74, 6) is -0.648. The number of nitrogen functional groups attached to an aromatic ring is 2. The van der Waals surface area contributed by atoms with E-state index in [2.05, 4.69) is 49.1 Å². The Morgan fingerprint density at radius 1 is 0.702 bits per heavy atom. The molecule has 4 aromatic rings. The van der Waals surface area contributed by atoms with Crippen LogP contribution in [0.5, 0.6) is 0 Å². The van der Waals surface area contributed by atoms with Gasteiger partial charge >= 0.3 is 0 Å². The molecule has 0 spiro atoms.